The van der Waals surface area contributed by atoms with Gasteiger partial charge in [0.25, 0.3) is 0 Å². The molecule has 2 heterocycles. The molecule has 1 aliphatic rings. The number of methoxy groups -OCH3 is 1. The van der Waals surface area contributed by atoms with E-state index in [9.17, 15) is 5.11 Å². The fourth-order valence-electron chi connectivity index (χ4n) is 2.55. The smallest absolute Gasteiger partial charge is 0.134 e. The number of imidazole rings is 1. The molecule has 0 bridgehead atoms. The number of hydrogen-bond donors (Lipinski definition) is 1. The van der Waals surface area contributed by atoms with Crippen LogP contribution in [0.5, 0.6) is 5.75 Å². The molecule has 0 saturated heterocycles. The van der Waals surface area contributed by atoms with Gasteiger partial charge in [-0.3, -0.25) is 0 Å². The number of fused-ring (bicyclic) bond motifs is 1. The van der Waals surface area contributed by atoms with Crippen molar-refractivity contribution in [2.75, 3.05) is 7.11 Å². The first-order chi connectivity index (χ1) is 9.81. The predicted octanol–water partition coefficient (Wildman–Crippen LogP) is 2.76. The van der Waals surface area contributed by atoms with Crippen LogP contribution in [0.25, 0.3) is 0 Å². The van der Waals surface area contributed by atoms with Crippen LogP contribution < -0.4 is 4.74 Å². The van der Waals surface area contributed by atoms with Crippen molar-refractivity contribution in [3.05, 3.63) is 47.5 Å². The summed E-state index contributed by atoms with van der Waals surface area (Å²) < 4.78 is 7.31. The standard InChI is InChI=1S/C15H18N2O2S/c1-19-12-4-2-11(3-5-12)10-20-14-6-7-17-13(14)8-16-15(17)9-18/h2-5,8,14,18H,6-7,9-10H2,1H3. The lowest BCUT2D eigenvalue weighted by Crippen LogP contribution is -1.99. The van der Waals surface area contributed by atoms with Gasteiger partial charge in [0.1, 0.15) is 18.2 Å². The number of hydrogen-bond acceptors (Lipinski definition) is 4. The Labute approximate surface area is 122 Å². The Morgan fingerprint density at radius 1 is 1.40 bits per heavy atom. The predicted molar refractivity (Wildman–Crippen MR) is 79.8 cm³/mol. The first-order valence-corrected chi connectivity index (χ1v) is 7.76. The molecule has 5 heteroatoms. The number of rotatable bonds is 5. The zero-order valence-electron chi connectivity index (χ0n) is 11.5. The second kappa shape index (κ2) is 5.89. The summed E-state index contributed by atoms with van der Waals surface area (Å²) in [4.78, 5) is 4.27. The number of aromatic nitrogens is 2. The quantitative estimate of drug-likeness (QED) is 0.920. The van der Waals surface area contributed by atoms with Crippen LogP contribution in [0.15, 0.2) is 30.5 Å². The fraction of sp³-hybridized carbons (Fsp3) is 0.400. The van der Waals surface area contributed by atoms with Crippen LogP contribution in [0.1, 0.15) is 28.8 Å². The fourth-order valence-corrected chi connectivity index (χ4v) is 3.77. The highest BCUT2D eigenvalue weighted by Gasteiger charge is 2.25. The third-order valence-electron chi connectivity index (χ3n) is 3.67. The SMILES string of the molecule is COc1ccc(CSC2CCn3c2cnc3CO)cc1. The van der Waals surface area contributed by atoms with E-state index in [0.717, 1.165) is 30.3 Å². The molecular weight excluding hydrogens is 272 g/mol. The van der Waals surface area contributed by atoms with Gasteiger partial charge in [-0.2, -0.15) is 0 Å². The summed E-state index contributed by atoms with van der Waals surface area (Å²) in [6.07, 6.45) is 3.02. The summed E-state index contributed by atoms with van der Waals surface area (Å²) in [5, 5.41) is 9.71. The van der Waals surface area contributed by atoms with Crippen LogP contribution in [0, 0.1) is 0 Å². The minimum Gasteiger partial charge on any atom is -0.497 e. The Bertz CT molecular complexity index is 580. The van der Waals surface area contributed by atoms with Gasteiger partial charge in [-0.15, -0.1) is 11.8 Å². The number of benzene rings is 1. The molecule has 20 heavy (non-hydrogen) atoms. The molecule has 0 radical (unpaired) electrons. The molecular formula is C15H18N2O2S. The van der Waals surface area contributed by atoms with E-state index in [-0.39, 0.29) is 6.61 Å². The van der Waals surface area contributed by atoms with Crippen molar-refractivity contribution in [3.8, 4) is 5.75 Å². The van der Waals surface area contributed by atoms with Gasteiger partial charge in [0, 0.05) is 23.7 Å². The molecule has 1 aromatic heterocycles. The van der Waals surface area contributed by atoms with Crippen molar-refractivity contribution in [2.45, 2.75) is 30.6 Å². The minimum absolute atomic E-state index is 0.0237. The molecule has 3 rings (SSSR count). The molecule has 1 aromatic carbocycles. The summed E-state index contributed by atoms with van der Waals surface area (Å²) in [6.45, 7) is 0.987. The summed E-state index contributed by atoms with van der Waals surface area (Å²) in [7, 11) is 1.68. The van der Waals surface area contributed by atoms with Crippen molar-refractivity contribution < 1.29 is 9.84 Å². The Morgan fingerprint density at radius 3 is 2.90 bits per heavy atom. The molecule has 106 valence electrons. The third kappa shape index (κ3) is 2.55. The lowest BCUT2D eigenvalue weighted by molar-refractivity contribution is 0.266. The summed E-state index contributed by atoms with van der Waals surface area (Å²) in [5.41, 5.74) is 2.55. The molecule has 2 aromatic rings. The lowest BCUT2D eigenvalue weighted by atomic mass is 10.2. The van der Waals surface area contributed by atoms with Gasteiger partial charge in [-0.05, 0) is 24.1 Å². The van der Waals surface area contributed by atoms with Gasteiger partial charge >= 0.3 is 0 Å². The van der Waals surface area contributed by atoms with E-state index >= 15 is 0 Å². The molecule has 0 aliphatic carbocycles. The number of thioether (sulfide) groups is 1. The molecule has 1 N–H and O–H groups in total. The van der Waals surface area contributed by atoms with E-state index in [1.165, 1.54) is 11.3 Å². The van der Waals surface area contributed by atoms with E-state index in [1.54, 1.807) is 7.11 Å². The Kier molecular flexibility index (Phi) is 3.98. The first-order valence-electron chi connectivity index (χ1n) is 6.71. The Morgan fingerprint density at radius 2 is 2.20 bits per heavy atom. The monoisotopic (exact) mass is 290 g/mol. The highest BCUT2D eigenvalue weighted by Crippen LogP contribution is 2.39. The van der Waals surface area contributed by atoms with E-state index in [4.69, 9.17) is 4.74 Å². The summed E-state index contributed by atoms with van der Waals surface area (Å²) >= 11 is 1.93. The maximum absolute atomic E-state index is 9.23. The van der Waals surface area contributed by atoms with Gasteiger partial charge in [0.15, 0.2) is 0 Å². The molecule has 1 unspecified atom stereocenters. The molecule has 0 spiro atoms. The van der Waals surface area contributed by atoms with Crippen LogP contribution in [-0.2, 0) is 18.9 Å². The average Bonchev–Trinajstić information content (AvgIpc) is 3.07. The molecule has 4 nitrogen and oxygen atoms in total. The van der Waals surface area contributed by atoms with Gasteiger partial charge < -0.3 is 14.4 Å². The number of aliphatic hydroxyl groups excluding tert-OH is 1. The van der Waals surface area contributed by atoms with Crippen molar-refractivity contribution >= 4 is 11.8 Å². The van der Waals surface area contributed by atoms with E-state index in [2.05, 4.69) is 21.7 Å². The molecule has 0 amide bonds. The van der Waals surface area contributed by atoms with Gasteiger partial charge in [-0.25, -0.2) is 4.98 Å². The van der Waals surface area contributed by atoms with E-state index < -0.39 is 0 Å². The highest BCUT2D eigenvalue weighted by molar-refractivity contribution is 7.98. The number of ether oxygens (including phenoxy) is 1. The van der Waals surface area contributed by atoms with E-state index in [1.807, 2.05) is 30.1 Å². The van der Waals surface area contributed by atoms with Gasteiger partial charge in [0.2, 0.25) is 0 Å². The second-order valence-electron chi connectivity index (χ2n) is 4.85. The maximum atomic E-state index is 9.23. The summed E-state index contributed by atoms with van der Waals surface area (Å²) in [5.74, 6) is 2.66. The van der Waals surface area contributed by atoms with Crippen LogP contribution in [0.3, 0.4) is 0 Å². The Balaban J connectivity index is 1.64. The van der Waals surface area contributed by atoms with Crippen LogP contribution >= 0.6 is 11.8 Å². The first kappa shape index (κ1) is 13.5. The molecule has 1 aliphatic heterocycles. The molecule has 0 saturated carbocycles. The topological polar surface area (TPSA) is 47.3 Å². The van der Waals surface area contributed by atoms with Gasteiger partial charge in [0.05, 0.1) is 12.8 Å². The third-order valence-corrected chi connectivity index (χ3v) is 5.05. The van der Waals surface area contributed by atoms with Crippen molar-refractivity contribution in [3.63, 3.8) is 0 Å². The van der Waals surface area contributed by atoms with E-state index in [0.29, 0.717) is 5.25 Å². The lowest BCUT2D eigenvalue weighted by Gasteiger charge is -2.09. The van der Waals surface area contributed by atoms with Crippen molar-refractivity contribution in [2.24, 2.45) is 0 Å². The van der Waals surface area contributed by atoms with Crippen LogP contribution in [0.2, 0.25) is 0 Å². The Hall–Kier alpha value is -1.46. The van der Waals surface area contributed by atoms with Gasteiger partial charge in [-0.1, -0.05) is 12.1 Å². The van der Waals surface area contributed by atoms with Crippen molar-refractivity contribution in [1.82, 2.24) is 9.55 Å². The second-order valence-corrected chi connectivity index (χ2v) is 6.04. The maximum Gasteiger partial charge on any atom is 0.134 e. The average molecular weight is 290 g/mol. The highest BCUT2D eigenvalue weighted by atomic mass is 32.2. The largest absolute Gasteiger partial charge is 0.497 e. The zero-order chi connectivity index (χ0) is 13.9. The van der Waals surface area contributed by atoms with Crippen molar-refractivity contribution in [1.29, 1.82) is 0 Å². The zero-order valence-corrected chi connectivity index (χ0v) is 12.3. The molecule has 1 atom stereocenters. The molecule has 0 fully saturated rings. The number of aliphatic hydroxyl groups is 1. The summed E-state index contributed by atoms with van der Waals surface area (Å²) in [6, 6.07) is 8.21. The van der Waals surface area contributed by atoms with Crippen LogP contribution in [0.4, 0.5) is 0 Å². The normalized spacial score (nSPS) is 17.2. The number of nitrogens with zero attached hydrogens (tertiary/aromatic N) is 2. The minimum atomic E-state index is 0.0237. The van der Waals surface area contributed by atoms with Crippen LogP contribution in [-0.4, -0.2) is 21.8 Å².